The van der Waals surface area contributed by atoms with E-state index in [1.54, 1.807) is 6.20 Å². The molecule has 0 saturated carbocycles. The van der Waals surface area contributed by atoms with Gasteiger partial charge in [0, 0.05) is 24.2 Å². The number of nitrogens with zero attached hydrogens (tertiary/aromatic N) is 4. The topological polar surface area (TPSA) is 64.3 Å². The Balaban J connectivity index is 1.60. The third-order valence-electron chi connectivity index (χ3n) is 4.93. The summed E-state index contributed by atoms with van der Waals surface area (Å²) in [6.07, 6.45) is 1.79. The van der Waals surface area contributed by atoms with Gasteiger partial charge in [-0.15, -0.1) is 0 Å². The molecule has 0 N–H and O–H groups in total. The smallest absolute Gasteiger partial charge is 0.258 e. The number of pyridine rings is 1. The summed E-state index contributed by atoms with van der Waals surface area (Å²) in [5.74, 6) is 2.37. The second-order valence-corrected chi connectivity index (χ2v) is 7.38. The summed E-state index contributed by atoms with van der Waals surface area (Å²) in [6.45, 7) is 8.39. The molecule has 0 bridgehead atoms. The van der Waals surface area contributed by atoms with Crippen molar-refractivity contribution in [3.05, 3.63) is 60.0 Å². The molecule has 6 heteroatoms. The summed E-state index contributed by atoms with van der Waals surface area (Å²) in [6, 6.07) is 14.2. The van der Waals surface area contributed by atoms with E-state index in [1.807, 2.05) is 44.2 Å². The van der Waals surface area contributed by atoms with Crippen molar-refractivity contribution >= 4 is 5.82 Å². The number of ether oxygens (including phenoxy) is 1. The molecular formula is C21H24N4O2. The number of aromatic nitrogens is 3. The van der Waals surface area contributed by atoms with Crippen LogP contribution >= 0.6 is 0 Å². The van der Waals surface area contributed by atoms with Crippen LogP contribution in [-0.4, -0.2) is 34.8 Å². The van der Waals surface area contributed by atoms with E-state index in [0.717, 1.165) is 24.5 Å². The largest absolute Gasteiger partial charge is 0.367 e. The van der Waals surface area contributed by atoms with Crippen LogP contribution in [0.25, 0.3) is 11.5 Å². The Morgan fingerprint density at radius 1 is 1.15 bits per heavy atom. The van der Waals surface area contributed by atoms with E-state index in [9.17, 15) is 0 Å². The minimum atomic E-state index is -0.369. The van der Waals surface area contributed by atoms with Gasteiger partial charge >= 0.3 is 0 Å². The molecule has 4 rings (SSSR count). The Kier molecular flexibility index (Phi) is 4.66. The highest BCUT2D eigenvalue weighted by Crippen LogP contribution is 2.32. The first kappa shape index (κ1) is 17.7. The fourth-order valence-corrected chi connectivity index (χ4v) is 3.34. The number of benzene rings is 1. The lowest BCUT2D eigenvalue weighted by Crippen LogP contribution is -2.48. The molecule has 0 amide bonds. The molecule has 1 atom stereocenters. The normalized spacial score (nSPS) is 20.2. The van der Waals surface area contributed by atoms with Crippen LogP contribution in [0.5, 0.6) is 0 Å². The predicted molar refractivity (Wildman–Crippen MR) is 104 cm³/mol. The zero-order valence-electron chi connectivity index (χ0n) is 15.9. The summed E-state index contributed by atoms with van der Waals surface area (Å²) in [5.41, 5.74) is 1.68. The maximum atomic E-state index is 6.14. The van der Waals surface area contributed by atoms with E-state index in [2.05, 4.69) is 39.1 Å². The summed E-state index contributed by atoms with van der Waals surface area (Å²) in [4.78, 5) is 11.3. The van der Waals surface area contributed by atoms with E-state index >= 15 is 0 Å². The SMILES string of the molecule is CC(C)c1noc(-c2ccnc(N3CCOC(C)(c4ccccc4)C3)c2)n1. The molecule has 3 aromatic rings. The van der Waals surface area contributed by atoms with Crippen molar-refractivity contribution < 1.29 is 9.26 Å². The van der Waals surface area contributed by atoms with Gasteiger partial charge in [0.15, 0.2) is 5.82 Å². The van der Waals surface area contributed by atoms with Crippen molar-refractivity contribution in [3.63, 3.8) is 0 Å². The summed E-state index contributed by atoms with van der Waals surface area (Å²) < 4.78 is 11.6. The summed E-state index contributed by atoms with van der Waals surface area (Å²) in [5, 5.41) is 4.06. The molecule has 27 heavy (non-hydrogen) atoms. The second kappa shape index (κ2) is 7.12. The summed E-state index contributed by atoms with van der Waals surface area (Å²) >= 11 is 0. The molecule has 1 aliphatic rings. The molecular weight excluding hydrogens is 340 g/mol. The first-order valence-corrected chi connectivity index (χ1v) is 9.30. The van der Waals surface area contributed by atoms with Crippen LogP contribution in [0.1, 0.15) is 38.1 Å². The van der Waals surface area contributed by atoms with E-state index in [1.165, 1.54) is 5.56 Å². The van der Waals surface area contributed by atoms with Crippen LogP contribution in [0.3, 0.4) is 0 Å². The van der Waals surface area contributed by atoms with Gasteiger partial charge in [-0.25, -0.2) is 4.98 Å². The zero-order chi connectivity index (χ0) is 18.9. The van der Waals surface area contributed by atoms with Gasteiger partial charge in [-0.1, -0.05) is 49.3 Å². The van der Waals surface area contributed by atoms with Crippen LogP contribution in [0.2, 0.25) is 0 Å². The Labute approximate surface area is 159 Å². The van der Waals surface area contributed by atoms with Gasteiger partial charge in [0.05, 0.1) is 13.2 Å². The van der Waals surface area contributed by atoms with Crippen molar-refractivity contribution in [2.45, 2.75) is 32.3 Å². The number of morpholine rings is 1. The third-order valence-corrected chi connectivity index (χ3v) is 4.93. The summed E-state index contributed by atoms with van der Waals surface area (Å²) in [7, 11) is 0. The van der Waals surface area contributed by atoms with E-state index in [0.29, 0.717) is 18.3 Å². The first-order chi connectivity index (χ1) is 13.0. The van der Waals surface area contributed by atoms with Gasteiger partial charge in [-0.05, 0) is 24.6 Å². The van der Waals surface area contributed by atoms with Crippen LogP contribution in [-0.2, 0) is 10.3 Å². The molecule has 1 unspecified atom stereocenters. The highest BCUT2D eigenvalue weighted by Gasteiger charge is 2.34. The van der Waals surface area contributed by atoms with Gasteiger partial charge in [0.2, 0.25) is 0 Å². The number of anilines is 1. The van der Waals surface area contributed by atoms with Crippen LogP contribution in [0, 0.1) is 0 Å². The quantitative estimate of drug-likeness (QED) is 0.697. The predicted octanol–water partition coefficient (Wildman–Crippen LogP) is 4.01. The molecule has 0 aliphatic carbocycles. The zero-order valence-corrected chi connectivity index (χ0v) is 15.9. The van der Waals surface area contributed by atoms with Gasteiger partial charge < -0.3 is 14.2 Å². The number of rotatable bonds is 4. The van der Waals surface area contributed by atoms with Gasteiger partial charge in [0.25, 0.3) is 5.89 Å². The van der Waals surface area contributed by atoms with Gasteiger partial charge in [-0.2, -0.15) is 4.98 Å². The van der Waals surface area contributed by atoms with Crippen molar-refractivity contribution in [2.24, 2.45) is 0 Å². The van der Waals surface area contributed by atoms with E-state index in [-0.39, 0.29) is 11.5 Å². The fourth-order valence-electron chi connectivity index (χ4n) is 3.34. The van der Waals surface area contributed by atoms with E-state index in [4.69, 9.17) is 9.26 Å². The maximum absolute atomic E-state index is 6.14. The molecule has 0 radical (unpaired) electrons. The minimum absolute atomic E-state index is 0.231. The van der Waals surface area contributed by atoms with E-state index < -0.39 is 0 Å². The average molecular weight is 364 g/mol. The average Bonchev–Trinajstić information content (AvgIpc) is 3.20. The lowest BCUT2D eigenvalue weighted by atomic mass is 9.94. The standard InChI is InChI=1S/C21H24N4O2/c1-15(2)19-23-20(27-24-19)16-9-10-22-18(13-16)25-11-12-26-21(3,14-25)17-7-5-4-6-8-17/h4-10,13,15H,11-12,14H2,1-3H3. The van der Waals surface area contributed by atoms with Crippen molar-refractivity contribution in [1.29, 1.82) is 0 Å². The van der Waals surface area contributed by atoms with Gasteiger partial charge in [-0.3, -0.25) is 0 Å². The lowest BCUT2D eigenvalue weighted by molar-refractivity contribution is -0.0468. The molecule has 140 valence electrons. The molecule has 1 aromatic carbocycles. The minimum Gasteiger partial charge on any atom is -0.367 e. The molecule has 2 aromatic heterocycles. The molecule has 3 heterocycles. The highest BCUT2D eigenvalue weighted by atomic mass is 16.5. The third kappa shape index (κ3) is 3.57. The number of hydrogen-bond donors (Lipinski definition) is 0. The van der Waals surface area contributed by atoms with Crippen LogP contribution in [0.4, 0.5) is 5.82 Å². The van der Waals surface area contributed by atoms with Crippen molar-refractivity contribution in [2.75, 3.05) is 24.6 Å². The fraction of sp³-hybridized carbons (Fsp3) is 0.381. The number of hydrogen-bond acceptors (Lipinski definition) is 6. The van der Waals surface area contributed by atoms with Crippen LogP contribution in [0.15, 0.2) is 53.2 Å². The monoisotopic (exact) mass is 364 g/mol. The maximum Gasteiger partial charge on any atom is 0.258 e. The van der Waals surface area contributed by atoms with Gasteiger partial charge in [0.1, 0.15) is 11.4 Å². The lowest BCUT2D eigenvalue weighted by Gasteiger charge is -2.41. The Morgan fingerprint density at radius 3 is 2.70 bits per heavy atom. The first-order valence-electron chi connectivity index (χ1n) is 9.30. The molecule has 6 nitrogen and oxygen atoms in total. The Bertz CT molecular complexity index is 909. The van der Waals surface area contributed by atoms with Crippen LogP contribution < -0.4 is 4.90 Å². The Morgan fingerprint density at radius 2 is 1.96 bits per heavy atom. The molecule has 0 spiro atoms. The molecule has 1 fully saturated rings. The molecule has 1 aliphatic heterocycles. The van der Waals surface area contributed by atoms with Crippen molar-refractivity contribution in [3.8, 4) is 11.5 Å². The molecule has 1 saturated heterocycles. The second-order valence-electron chi connectivity index (χ2n) is 7.38. The van der Waals surface area contributed by atoms with Crippen molar-refractivity contribution in [1.82, 2.24) is 15.1 Å². The Hall–Kier alpha value is -2.73. The highest BCUT2D eigenvalue weighted by molar-refractivity contribution is 5.59.